The summed E-state index contributed by atoms with van der Waals surface area (Å²) < 4.78 is 8.99. The van der Waals surface area contributed by atoms with E-state index in [1.54, 1.807) is 0 Å². The van der Waals surface area contributed by atoms with E-state index in [1.165, 1.54) is 63.2 Å². The van der Waals surface area contributed by atoms with Gasteiger partial charge in [0.2, 0.25) is 0 Å². The Labute approximate surface area is 377 Å². The maximum Gasteiger partial charge on any atom is 0.179 e. The molecule has 10 aromatic carbocycles. The molecule has 0 aliphatic carbocycles. The van der Waals surface area contributed by atoms with Gasteiger partial charge in [-0.15, -0.1) is 11.3 Å². The third-order valence-corrected chi connectivity index (χ3v) is 18.8. The second kappa shape index (κ2) is 15.9. The van der Waals surface area contributed by atoms with E-state index in [4.69, 9.17) is 4.42 Å². The number of benzene rings is 10. The van der Waals surface area contributed by atoms with Crippen molar-refractivity contribution in [1.82, 2.24) is 0 Å². The van der Waals surface area contributed by atoms with E-state index < -0.39 is 8.07 Å². The van der Waals surface area contributed by atoms with Gasteiger partial charge >= 0.3 is 0 Å². The van der Waals surface area contributed by atoms with Crippen molar-refractivity contribution in [3.05, 3.63) is 249 Å². The molecule has 0 amide bonds. The van der Waals surface area contributed by atoms with Crippen LogP contribution in [0.2, 0.25) is 0 Å². The van der Waals surface area contributed by atoms with Crippen LogP contribution in [0.1, 0.15) is 0 Å². The molecule has 12 aromatic rings. The van der Waals surface area contributed by atoms with Crippen molar-refractivity contribution in [1.29, 1.82) is 0 Å². The van der Waals surface area contributed by atoms with Crippen LogP contribution in [0, 0.1) is 0 Å². The quantitative estimate of drug-likeness (QED) is 0.106. The molecule has 2 heterocycles. The molecule has 0 radical (unpaired) electrons. The molecular formula is C60H41NOSSi. The first-order valence-electron chi connectivity index (χ1n) is 21.8. The highest BCUT2D eigenvalue weighted by atomic mass is 32.1. The highest BCUT2D eigenvalue weighted by molar-refractivity contribution is 7.26. The standard InChI is InChI=1S/C60H41NOSSi/c1-5-15-42(16-6-1)45-29-36-55-56-38-33-48(41-60(56)63-59(55)39-45)61(47-32-37-54-53-23-13-14-24-57(53)62-58(54)40-47)46-30-25-43(26-31-46)44-27-34-52(35-28-44)64(49-17-7-2-8-18-49,50-19-9-3-10-20-50)51-21-11-4-12-22-51/h1-41H. The second-order valence-electron chi connectivity index (χ2n) is 16.4. The molecule has 0 fully saturated rings. The normalized spacial score (nSPS) is 11.8. The summed E-state index contributed by atoms with van der Waals surface area (Å²) in [4.78, 5) is 2.36. The molecule has 302 valence electrons. The van der Waals surface area contributed by atoms with Gasteiger partial charge in [-0.25, -0.2) is 0 Å². The van der Waals surface area contributed by atoms with Crippen molar-refractivity contribution in [2.45, 2.75) is 0 Å². The molecule has 0 atom stereocenters. The molecule has 0 spiro atoms. The molecule has 0 N–H and O–H groups in total. The summed E-state index contributed by atoms with van der Waals surface area (Å²) in [5, 5.41) is 10.3. The van der Waals surface area contributed by atoms with Crippen molar-refractivity contribution in [3.8, 4) is 22.3 Å². The topological polar surface area (TPSA) is 16.4 Å². The maximum atomic E-state index is 6.45. The van der Waals surface area contributed by atoms with Crippen LogP contribution >= 0.6 is 11.3 Å². The van der Waals surface area contributed by atoms with Crippen molar-refractivity contribution in [3.63, 3.8) is 0 Å². The zero-order valence-corrected chi connectivity index (χ0v) is 36.8. The van der Waals surface area contributed by atoms with Crippen LogP contribution in [0.25, 0.3) is 64.4 Å². The Morgan fingerprint density at radius 3 is 1.34 bits per heavy atom. The highest BCUT2D eigenvalue weighted by Crippen LogP contribution is 2.43. The maximum absolute atomic E-state index is 6.45. The molecule has 4 heteroatoms. The first-order valence-corrected chi connectivity index (χ1v) is 24.6. The third kappa shape index (κ3) is 6.46. The zero-order chi connectivity index (χ0) is 42.5. The Bertz CT molecular complexity index is 3490. The van der Waals surface area contributed by atoms with Crippen LogP contribution in [-0.4, -0.2) is 8.07 Å². The smallest absolute Gasteiger partial charge is 0.179 e. The molecule has 0 saturated heterocycles. The highest BCUT2D eigenvalue weighted by Gasteiger charge is 2.41. The molecular weight excluding hydrogens is 811 g/mol. The Hall–Kier alpha value is -7.76. The van der Waals surface area contributed by atoms with Crippen LogP contribution in [0.3, 0.4) is 0 Å². The first kappa shape index (κ1) is 38.0. The SMILES string of the molecule is c1ccc(-c2ccc3c(c2)sc2cc(N(c4ccc(-c5ccc([Si](c6ccccc6)(c6ccccc6)c6ccccc6)cc5)cc4)c4ccc5c(c4)oc4ccccc45)ccc23)cc1. The van der Waals surface area contributed by atoms with Crippen LogP contribution in [-0.2, 0) is 0 Å². The van der Waals surface area contributed by atoms with Gasteiger partial charge in [-0.05, 0) is 91.5 Å². The Morgan fingerprint density at radius 2 is 0.719 bits per heavy atom. The second-order valence-corrected chi connectivity index (χ2v) is 21.3. The summed E-state index contributed by atoms with van der Waals surface area (Å²) in [5.74, 6) is 0. The molecule has 0 aliphatic heterocycles. The third-order valence-electron chi connectivity index (χ3n) is 12.8. The van der Waals surface area contributed by atoms with Gasteiger partial charge in [0.1, 0.15) is 11.2 Å². The summed E-state index contributed by atoms with van der Waals surface area (Å²) in [6.07, 6.45) is 0. The summed E-state index contributed by atoms with van der Waals surface area (Å²) >= 11 is 1.85. The van der Waals surface area contributed by atoms with Gasteiger partial charge in [0, 0.05) is 54.1 Å². The van der Waals surface area contributed by atoms with Crippen molar-refractivity contribution in [2.24, 2.45) is 0 Å². The molecule has 0 saturated carbocycles. The van der Waals surface area contributed by atoms with E-state index in [1.807, 2.05) is 23.5 Å². The van der Waals surface area contributed by atoms with Gasteiger partial charge in [-0.2, -0.15) is 0 Å². The molecule has 12 rings (SSSR count). The number of nitrogens with zero attached hydrogens (tertiary/aromatic N) is 1. The van der Waals surface area contributed by atoms with E-state index in [-0.39, 0.29) is 0 Å². The van der Waals surface area contributed by atoms with Crippen molar-refractivity contribution in [2.75, 3.05) is 4.90 Å². The Morgan fingerprint density at radius 1 is 0.297 bits per heavy atom. The predicted octanol–water partition coefficient (Wildman–Crippen LogP) is 14.1. The van der Waals surface area contributed by atoms with E-state index in [0.717, 1.165) is 39.0 Å². The number of thiophene rings is 1. The van der Waals surface area contributed by atoms with E-state index in [0.29, 0.717) is 0 Å². The lowest BCUT2D eigenvalue weighted by molar-refractivity contribution is 0.669. The fourth-order valence-corrected chi connectivity index (χ4v) is 15.7. The minimum Gasteiger partial charge on any atom is -0.456 e. The Balaban J connectivity index is 0.948. The van der Waals surface area contributed by atoms with Crippen molar-refractivity contribution < 1.29 is 4.42 Å². The molecule has 2 nitrogen and oxygen atoms in total. The van der Waals surface area contributed by atoms with Gasteiger partial charge in [0.15, 0.2) is 8.07 Å². The molecule has 0 bridgehead atoms. The Kier molecular flexibility index (Phi) is 9.40. The number of hydrogen-bond donors (Lipinski definition) is 0. The predicted molar refractivity (Wildman–Crippen MR) is 276 cm³/mol. The van der Waals surface area contributed by atoms with Crippen LogP contribution in [0.15, 0.2) is 253 Å². The average Bonchev–Trinajstić information content (AvgIpc) is 3.93. The van der Waals surface area contributed by atoms with Gasteiger partial charge in [0.25, 0.3) is 0 Å². The minimum atomic E-state index is -2.62. The van der Waals surface area contributed by atoms with E-state index >= 15 is 0 Å². The van der Waals surface area contributed by atoms with Crippen molar-refractivity contribution >= 4 is 99.3 Å². The summed E-state index contributed by atoms with van der Waals surface area (Å²) in [6, 6.07) is 91.0. The van der Waals surface area contributed by atoms with Gasteiger partial charge in [0.05, 0.1) is 0 Å². The van der Waals surface area contributed by atoms with Crippen LogP contribution < -0.4 is 25.6 Å². The number of fused-ring (bicyclic) bond motifs is 6. The monoisotopic (exact) mass is 851 g/mol. The summed E-state index contributed by atoms with van der Waals surface area (Å²) in [6.45, 7) is 0. The van der Waals surface area contributed by atoms with Gasteiger partial charge < -0.3 is 9.32 Å². The van der Waals surface area contributed by atoms with E-state index in [2.05, 4.69) is 241 Å². The summed E-state index contributed by atoms with van der Waals surface area (Å²) in [5.41, 5.74) is 9.81. The molecule has 64 heavy (non-hydrogen) atoms. The minimum absolute atomic E-state index is 0.873. The van der Waals surface area contributed by atoms with Crippen LogP contribution in [0.5, 0.6) is 0 Å². The number of hydrogen-bond acceptors (Lipinski definition) is 3. The lowest BCUT2D eigenvalue weighted by atomic mass is 10.0. The molecule has 0 unspecified atom stereocenters. The van der Waals surface area contributed by atoms with Crippen LogP contribution in [0.4, 0.5) is 17.1 Å². The average molecular weight is 852 g/mol. The molecule has 0 aliphatic rings. The fraction of sp³-hybridized carbons (Fsp3) is 0. The number of para-hydroxylation sites is 1. The largest absolute Gasteiger partial charge is 0.456 e. The number of furan rings is 1. The summed E-state index contributed by atoms with van der Waals surface area (Å²) in [7, 11) is -2.62. The van der Waals surface area contributed by atoms with E-state index in [9.17, 15) is 0 Å². The first-order chi connectivity index (χ1) is 31.7. The number of anilines is 3. The fourth-order valence-electron chi connectivity index (χ4n) is 9.80. The zero-order valence-electron chi connectivity index (χ0n) is 34.9. The van der Waals surface area contributed by atoms with Gasteiger partial charge in [-0.1, -0.05) is 194 Å². The van der Waals surface area contributed by atoms with Gasteiger partial charge in [-0.3, -0.25) is 0 Å². The lowest BCUT2D eigenvalue weighted by Gasteiger charge is -2.34. The number of rotatable bonds is 9. The lowest BCUT2D eigenvalue weighted by Crippen LogP contribution is -2.74. The molecule has 2 aromatic heterocycles.